The summed E-state index contributed by atoms with van der Waals surface area (Å²) in [6.07, 6.45) is 2.19. The second kappa shape index (κ2) is 4.74. The molecule has 1 rings (SSSR count). The third kappa shape index (κ3) is 2.40. The van der Waals surface area contributed by atoms with Gasteiger partial charge in [0.25, 0.3) is 0 Å². The zero-order valence-electron chi connectivity index (χ0n) is 11.3. The van der Waals surface area contributed by atoms with Crippen LogP contribution in [0.1, 0.15) is 47.5 Å². The van der Waals surface area contributed by atoms with E-state index < -0.39 is 0 Å². The van der Waals surface area contributed by atoms with Gasteiger partial charge in [-0.1, -0.05) is 20.8 Å². The van der Waals surface area contributed by atoms with Crippen molar-refractivity contribution in [3.63, 3.8) is 0 Å². The van der Waals surface area contributed by atoms with E-state index in [1.54, 1.807) is 0 Å². The monoisotopic (exact) mass is 227 g/mol. The Kier molecular flexibility index (Phi) is 4.00. The number of carbonyl (C=O) groups is 1. The summed E-state index contributed by atoms with van der Waals surface area (Å²) in [6, 6.07) is 0. The van der Waals surface area contributed by atoms with Crippen molar-refractivity contribution >= 4 is 5.91 Å². The minimum Gasteiger partial charge on any atom is -0.372 e. The van der Waals surface area contributed by atoms with Crippen molar-refractivity contribution in [3.05, 3.63) is 0 Å². The Balaban J connectivity index is 2.76. The number of amides is 1. The molecule has 3 nitrogen and oxygen atoms in total. The maximum atomic E-state index is 12.1. The number of hydrogen-bond acceptors (Lipinski definition) is 2. The van der Waals surface area contributed by atoms with Crippen LogP contribution in [0.3, 0.4) is 0 Å². The molecule has 0 aromatic carbocycles. The second-order valence-corrected chi connectivity index (χ2v) is 5.81. The van der Waals surface area contributed by atoms with Crippen LogP contribution < -0.4 is 0 Å². The van der Waals surface area contributed by atoms with Crippen LogP contribution in [-0.2, 0) is 9.53 Å². The lowest BCUT2D eigenvalue weighted by molar-refractivity contribution is -0.143. The van der Waals surface area contributed by atoms with Crippen molar-refractivity contribution < 1.29 is 9.53 Å². The number of likely N-dealkylation sites (tertiary alicyclic amines) is 1. The van der Waals surface area contributed by atoms with Gasteiger partial charge in [0.2, 0.25) is 5.91 Å². The van der Waals surface area contributed by atoms with Crippen molar-refractivity contribution in [2.75, 3.05) is 19.8 Å². The molecule has 1 aliphatic heterocycles. The molecule has 0 saturated carbocycles. The van der Waals surface area contributed by atoms with E-state index in [0.29, 0.717) is 6.61 Å². The number of ether oxygens (including phenoxy) is 1. The van der Waals surface area contributed by atoms with Gasteiger partial charge in [0.05, 0.1) is 0 Å². The van der Waals surface area contributed by atoms with Crippen LogP contribution in [0.5, 0.6) is 0 Å². The Hall–Kier alpha value is -0.570. The molecule has 0 radical (unpaired) electrons. The molecular formula is C13H25NO2. The van der Waals surface area contributed by atoms with Crippen LogP contribution in [-0.4, -0.2) is 36.1 Å². The third-order valence-corrected chi connectivity index (χ3v) is 3.99. The molecule has 0 aliphatic carbocycles. The molecular weight excluding hydrogens is 202 g/mol. The first-order valence-corrected chi connectivity index (χ1v) is 6.21. The zero-order chi connectivity index (χ0) is 12.4. The van der Waals surface area contributed by atoms with E-state index in [-0.39, 0.29) is 23.5 Å². The summed E-state index contributed by atoms with van der Waals surface area (Å²) < 4.78 is 5.22. The number of nitrogens with zero attached hydrogens (tertiary/aromatic N) is 1. The van der Waals surface area contributed by atoms with Gasteiger partial charge in [-0.15, -0.1) is 0 Å². The first-order valence-electron chi connectivity index (χ1n) is 6.21. The van der Waals surface area contributed by atoms with E-state index >= 15 is 0 Å². The van der Waals surface area contributed by atoms with Crippen LogP contribution in [0.15, 0.2) is 0 Å². The van der Waals surface area contributed by atoms with Crippen molar-refractivity contribution in [1.29, 1.82) is 0 Å². The van der Waals surface area contributed by atoms with Crippen LogP contribution >= 0.6 is 0 Å². The van der Waals surface area contributed by atoms with E-state index in [9.17, 15) is 4.79 Å². The Labute approximate surface area is 99.1 Å². The van der Waals surface area contributed by atoms with Gasteiger partial charge < -0.3 is 9.64 Å². The molecule has 1 amide bonds. The lowest BCUT2D eigenvalue weighted by Crippen LogP contribution is -2.54. The quantitative estimate of drug-likeness (QED) is 0.741. The third-order valence-electron chi connectivity index (χ3n) is 3.99. The first kappa shape index (κ1) is 13.5. The minimum atomic E-state index is -0.0266. The molecule has 0 unspecified atom stereocenters. The number of hydrogen-bond donors (Lipinski definition) is 0. The molecule has 0 bridgehead atoms. The summed E-state index contributed by atoms with van der Waals surface area (Å²) in [5, 5.41) is 0. The maximum absolute atomic E-state index is 12.1. The van der Waals surface area contributed by atoms with Gasteiger partial charge in [-0.25, -0.2) is 0 Å². The molecule has 1 saturated heterocycles. The van der Waals surface area contributed by atoms with E-state index in [2.05, 4.69) is 27.7 Å². The van der Waals surface area contributed by atoms with Crippen LogP contribution in [0, 0.1) is 5.41 Å². The van der Waals surface area contributed by atoms with Gasteiger partial charge in [0.15, 0.2) is 0 Å². The molecule has 0 aromatic rings. The molecule has 1 fully saturated rings. The minimum absolute atomic E-state index is 0.0266. The number of rotatable bonds is 3. The highest BCUT2D eigenvalue weighted by atomic mass is 16.5. The second-order valence-electron chi connectivity index (χ2n) is 5.81. The van der Waals surface area contributed by atoms with Gasteiger partial charge in [-0.2, -0.15) is 0 Å². The molecule has 1 heterocycles. The summed E-state index contributed by atoms with van der Waals surface area (Å²) in [5.74, 6) is 0.136. The maximum Gasteiger partial charge on any atom is 0.249 e. The Morgan fingerprint density at radius 1 is 1.44 bits per heavy atom. The predicted molar refractivity (Wildman–Crippen MR) is 65.3 cm³/mol. The fourth-order valence-electron chi connectivity index (χ4n) is 2.41. The molecule has 16 heavy (non-hydrogen) atoms. The smallest absolute Gasteiger partial charge is 0.249 e. The molecule has 0 spiro atoms. The van der Waals surface area contributed by atoms with E-state index in [1.807, 2.05) is 11.8 Å². The average molecular weight is 227 g/mol. The zero-order valence-corrected chi connectivity index (χ0v) is 11.3. The number of carbonyl (C=O) groups excluding carboxylic acids is 1. The van der Waals surface area contributed by atoms with Gasteiger partial charge in [0.1, 0.15) is 6.61 Å². The SMILES string of the molecule is CCOCC(=O)N1CCC[C@@]1(C)C(C)(C)C. The standard InChI is InChI=1S/C13H25NO2/c1-6-16-10-11(15)14-9-7-8-13(14,5)12(2,3)4/h6-10H2,1-5H3/t13-/m0/s1. The Morgan fingerprint density at radius 3 is 2.56 bits per heavy atom. The summed E-state index contributed by atoms with van der Waals surface area (Å²) in [7, 11) is 0. The van der Waals surface area contributed by atoms with Crippen molar-refractivity contribution in [1.82, 2.24) is 4.90 Å². The molecule has 3 heteroatoms. The van der Waals surface area contributed by atoms with Crippen molar-refractivity contribution in [2.45, 2.75) is 53.0 Å². The summed E-state index contributed by atoms with van der Waals surface area (Å²) in [6.45, 7) is 12.4. The van der Waals surface area contributed by atoms with E-state index in [1.165, 1.54) is 0 Å². The summed E-state index contributed by atoms with van der Waals surface area (Å²) in [5.41, 5.74) is 0.0898. The van der Waals surface area contributed by atoms with Crippen molar-refractivity contribution in [2.24, 2.45) is 5.41 Å². The largest absolute Gasteiger partial charge is 0.372 e. The topological polar surface area (TPSA) is 29.5 Å². The Bertz CT molecular complexity index is 257. The van der Waals surface area contributed by atoms with Gasteiger partial charge in [-0.3, -0.25) is 4.79 Å². The molecule has 1 atom stereocenters. The van der Waals surface area contributed by atoms with E-state index in [4.69, 9.17) is 4.74 Å². The van der Waals surface area contributed by atoms with Gasteiger partial charge in [0, 0.05) is 18.7 Å². The molecule has 0 aromatic heterocycles. The van der Waals surface area contributed by atoms with E-state index in [0.717, 1.165) is 19.4 Å². The van der Waals surface area contributed by atoms with Crippen LogP contribution in [0.2, 0.25) is 0 Å². The van der Waals surface area contributed by atoms with Crippen LogP contribution in [0.4, 0.5) is 0 Å². The molecule has 0 N–H and O–H groups in total. The van der Waals surface area contributed by atoms with Crippen molar-refractivity contribution in [3.8, 4) is 0 Å². The summed E-state index contributed by atoms with van der Waals surface area (Å²) >= 11 is 0. The van der Waals surface area contributed by atoms with Crippen LogP contribution in [0.25, 0.3) is 0 Å². The lowest BCUT2D eigenvalue weighted by Gasteiger charge is -2.45. The lowest BCUT2D eigenvalue weighted by atomic mass is 9.73. The van der Waals surface area contributed by atoms with Gasteiger partial charge in [-0.05, 0) is 32.1 Å². The highest BCUT2D eigenvalue weighted by Crippen LogP contribution is 2.43. The predicted octanol–water partition coefficient (Wildman–Crippen LogP) is 2.45. The normalized spacial score (nSPS) is 26.2. The average Bonchev–Trinajstić information content (AvgIpc) is 2.57. The molecule has 94 valence electrons. The van der Waals surface area contributed by atoms with Gasteiger partial charge >= 0.3 is 0 Å². The Morgan fingerprint density at radius 2 is 2.06 bits per heavy atom. The molecule has 1 aliphatic rings. The summed E-state index contributed by atoms with van der Waals surface area (Å²) in [4.78, 5) is 14.1. The fourth-order valence-corrected chi connectivity index (χ4v) is 2.41. The highest BCUT2D eigenvalue weighted by molar-refractivity contribution is 5.78. The first-order chi connectivity index (χ1) is 7.33. The fraction of sp³-hybridized carbons (Fsp3) is 0.923. The highest BCUT2D eigenvalue weighted by Gasteiger charge is 2.47.